The zero-order valence-electron chi connectivity index (χ0n) is 6.52. The molecule has 0 aliphatic heterocycles. The first-order valence-corrected chi connectivity index (χ1v) is 3.34. The second-order valence-electron chi connectivity index (χ2n) is 2.47. The van der Waals surface area contributed by atoms with Crippen LogP contribution in [0.4, 0.5) is 13.2 Å². The summed E-state index contributed by atoms with van der Waals surface area (Å²) in [5.41, 5.74) is 0. The Morgan fingerprint density at radius 1 is 1.58 bits per heavy atom. The molecule has 0 fully saturated rings. The number of hydrogen-bond donors (Lipinski definition) is 1. The fraction of sp³-hybridized carbons (Fsp3) is 0.833. The Hall–Kier alpha value is -0.780. The maximum absolute atomic E-state index is 11.8. The lowest BCUT2D eigenvalue weighted by Crippen LogP contribution is -2.21. The van der Waals surface area contributed by atoms with Gasteiger partial charge in [-0.2, -0.15) is 19.1 Å². The third-order valence-electron chi connectivity index (χ3n) is 1.47. The van der Waals surface area contributed by atoms with E-state index < -0.39 is 18.1 Å². The Balaban J connectivity index is 3.72. The summed E-state index contributed by atoms with van der Waals surface area (Å²) in [7, 11) is 0. The van der Waals surface area contributed by atoms with Gasteiger partial charge in [0.05, 0.1) is 5.92 Å². The first kappa shape index (κ1) is 11.2. The highest BCUT2D eigenvalue weighted by molar-refractivity contribution is 5.68. The molecule has 1 unspecified atom stereocenters. The summed E-state index contributed by atoms with van der Waals surface area (Å²) in [5, 5.41) is 0. The van der Waals surface area contributed by atoms with Crippen molar-refractivity contribution in [2.45, 2.75) is 25.9 Å². The van der Waals surface area contributed by atoms with Crippen LogP contribution in [0.15, 0.2) is 0 Å². The molecule has 0 aromatic carbocycles. The predicted octanol–water partition coefficient (Wildman–Crippen LogP) is 1.38. The molecular weight excluding hydrogens is 175 g/mol. The van der Waals surface area contributed by atoms with E-state index in [0.717, 1.165) is 6.92 Å². The molecule has 3 nitrogen and oxygen atoms in total. The molecule has 0 aliphatic rings. The third-order valence-corrected chi connectivity index (χ3v) is 1.47. The topological polar surface area (TPSA) is 52.3 Å². The zero-order chi connectivity index (χ0) is 9.78. The maximum atomic E-state index is 11.8. The summed E-state index contributed by atoms with van der Waals surface area (Å²) in [6, 6.07) is 0. The third kappa shape index (κ3) is 4.17. The normalized spacial score (nSPS) is 14.1. The molecular formula is C6H10F3NO2. The molecule has 0 aromatic heterocycles. The van der Waals surface area contributed by atoms with Crippen LogP contribution >= 0.6 is 0 Å². The SMILES string of the molecule is CC(CCC(=O)ON)C(F)(F)F. The van der Waals surface area contributed by atoms with Crippen molar-refractivity contribution in [2.75, 3.05) is 0 Å². The van der Waals surface area contributed by atoms with Crippen LogP contribution in [0.3, 0.4) is 0 Å². The Kier molecular flexibility index (Phi) is 4.02. The lowest BCUT2D eigenvalue weighted by molar-refractivity contribution is -0.173. The summed E-state index contributed by atoms with van der Waals surface area (Å²) in [5.74, 6) is 2.11. The molecule has 12 heavy (non-hydrogen) atoms. The standard InChI is InChI=1S/C6H10F3NO2/c1-4(6(7,8)9)2-3-5(11)12-10/h4H,2-3,10H2,1H3. The van der Waals surface area contributed by atoms with Crippen LogP contribution in [0.5, 0.6) is 0 Å². The van der Waals surface area contributed by atoms with Crippen molar-refractivity contribution in [3.05, 3.63) is 0 Å². The van der Waals surface area contributed by atoms with Crippen LogP contribution < -0.4 is 5.90 Å². The Labute approximate surface area is 67.6 Å². The van der Waals surface area contributed by atoms with E-state index in [1.54, 1.807) is 0 Å². The number of rotatable bonds is 3. The lowest BCUT2D eigenvalue weighted by Gasteiger charge is -2.13. The van der Waals surface area contributed by atoms with Crippen molar-refractivity contribution < 1.29 is 22.8 Å². The maximum Gasteiger partial charge on any atom is 0.391 e. The van der Waals surface area contributed by atoms with Crippen LogP contribution in [-0.4, -0.2) is 12.1 Å². The first-order chi connectivity index (χ1) is 5.38. The number of halogens is 3. The average molecular weight is 185 g/mol. The molecule has 0 bridgehead atoms. The van der Waals surface area contributed by atoms with Crippen LogP contribution in [0, 0.1) is 5.92 Å². The minimum Gasteiger partial charge on any atom is -0.373 e. The summed E-state index contributed by atoms with van der Waals surface area (Å²) in [4.78, 5) is 14.0. The molecule has 72 valence electrons. The Morgan fingerprint density at radius 3 is 2.42 bits per heavy atom. The van der Waals surface area contributed by atoms with E-state index in [4.69, 9.17) is 0 Å². The van der Waals surface area contributed by atoms with E-state index in [0.29, 0.717) is 0 Å². The summed E-state index contributed by atoms with van der Waals surface area (Å²) in [6.45, 7) is 1.00. The molecule has 1 atom stereocenters. The van der Waals surface area contributed by atoms with Gasteiger partial charge < -0.3 is 4.84 Å². The van der Waals surface area contributed by atoms with Gasteiger partial charge in [-0.1, -0.05) is 6.92 Å². The van der Waals surface area contributed by atoms with Crippen LogP contribution in [0.2, 0.25) is 0 Å². The van der Waals surface area contributed by atoms with Gasteiger partial charge in [0.1, 0.15) is 0 Å². The van der Waals surface area contributed by atoms with E-state index in [1.807, 2.05) is 0 Å². The monoisotopic (exact) mass is 185 g/mol. The predicted molar refractivity (Wildman–Crippen MR) is 34.7 cm³/mol. The minimum absolute atomic E-state index is 0.292. The van der Waals surface area contributed by atoms with Crippen molar-refractivity contribution >= 4 is 5.97 Å². The molecule has 0 heterocycles. The first-order valence-electron chi connectivity index (χ1n) is 3.34. The van der Waals surface area contributed by atoms with Gasteiger partial charge in [0.15, 0.2) is 0 Å². The van der Waals surface area contributed by atoms with Gasteiger partial charge in [0.2, 0.25) is 0 Å². The van der Waals surface area contributed by atoms with Crippen LogP contribution in [0.25, 0.3) is 0 Å². The quantitative estimate of drug-likeness (QED) is 0.676. The van der Waals surface area contributed by atoms with Crippen LogP contribution in [0.1, 0.15) is 19.8 Å². The number of carbonyl (C=O) groups excluding carboxylic acids is 1. The van der Waals surface area contributed by atoms with Crippen molar-refractivity contribution in [1.29, 1.82) is 0 Å². The Morgan fingerprint density at radius 2 is 2.08 bits per heavy atom. The van der Waals surface area contributed by atoms with Gasteiger partial charge in [-0.05, 0) is 6.42 Å². The van der Waals surface area contributed by atoms with Crippen molar-refractivity contribution in [1.82, 2.24) is 0 Å². The van der Waals surface area contributed by atoms with Crippen LogP contribution in [-0.2, 0) is 9.63 Å². The molecule has 0 spiro atoms. The second-order valence-corrected chi connectivity index (χ2v) is 2.47. The Bertz CT molecular complexity index is 157. The van der Waals surface area contributed by atoms with E-state index >= 15 is 0 Å². The van der Waals surface area contributed by atoms with Crippen molar-refractivity contribution in [3.63, 3.8) is 0 Å². The minimum atomic E-state index is -4.26. The van der Waals surface area contributed by atoms with E-state index in [2.05, 4.69) is 10.7 Å². The van der Waals surface area contributed by atoms with E-state index in [9.17, 15) is 18.0 Å². The van der Waals surface area contributed by atoms with E-state index in [1.165, 1.54) is 0 Å². The smallest absolute Gasteiger partial charge is 0.373 e. The molecule has 2 N–H and O–H groups in total. The second kappa shape index (κ2) is 4.30. The molecule has 0 saturated carbocycles. The van der Waals surface area contributed by atoms with Crippen molar-refractivity contribution in [3.8, 4) is 0 Å². The fourth-order valence-electron chi connectivity index (χ4n) is 0.557. The number of carbonyl (C=O) groups is 1. The van der Waals surface area contributed by atoms with Gasteiger partial charge in [-0.15, -0.1) is 0 Å². The van der Waals surface area contributed by atoms with Gasteiger partial charge in [0, 0.05) is 6.42 Å². The van der Waals surface area contributed by atoms with Gasteiger partial charge >= 0.3 is 12.1 Å². The molecule has 0 rings (SSSR count). The lowest BCUT2D eigenvalue weighted by atomic mass is 10.1. The molecule has 0 aliphatic carbocycles. The van der Waals surface area contributed by atoms with Gasteiger partial charge in [0.25, 0.3) is 0 Å². The molecule has 0 radical (unpaired) electrons. The number of nitrogens with two attached hydrogens (primary N) is 1. The van der Waals surface area contributed by atoms with Crippen molar-refractivity contribution in [2.24, 2.45) is 11.8 Å². The highest BCUT2D eigenvalue weighted by atomic mass is 19.4. The number of hydrogen-bond acceptors (Lipinski definition) is 3. The summed E-state index contributed by atoms with van der Waals surface area (Å²) < 4.78 is 35.5. The van der Waals surface area contributed by atoms with Gasteiger partial charge in [-0.25, -0.2) is 0 Å². The zero-order valence-corrected chi connectivity index (χ0v) is 6.52. The average Bonchev–Trinajstić information content (AvgIpc) is 1.97. The molecule has 0 saturated heterocycles. The molecule has 0 amide bonds. The fourth-order valence-corrected chi connectivity index (χ4v) is 0.557. The molecule has 0 aromatic rings. The van der Waals surface area contributed by atoms with E-state index in [-0.39, 0.29) is 12.8 Å². The largest absolute Gasteiger partial charge is 0.391 e. The van der Waals surface area contributed by atoms with Gasteiger partial charge in [-0.3, -0.25) is 4.79 Å². The number of alkyl halides is 3. The highest BCUT2D eigenvalue weighted by Gasteiger charge is 2.35. The highest BCUT2D eigenvalue weighted by Crippen LogP contribution is 2.28. The summed E-state index contributed by atoms with van der Waals surface area (Å²) >= 11 is 0. The summed E-state index contributed by atoms with van der Waals surface area (Å²) in [6.07, 6.45) is -4.86. The molecule has 6 heteroatoms.